The van der Waals surface area contributed by atoms with Crippen LogP contribution >= 0.6 is 0 Å². The van der Waals surface area contributed by atoms with E-state index in [2.05, 4.69) is 42.1 Å². The smallest absolute Gasteiger partial charge is 0.193 e. The average Bonchev–Trinajstić information content (AvgIpc) is 2.65. The van der Waals surface area contributed by atoms with Gasteiger partial charge in [-0.15, -0.1) is 0 Å². The Bertz CT molecular complexity index is 851. The number of nitrogens with zero attached hydrogens (tertiary/aromatic N) is 2. The summed E-state index contributed by atoms with van der Waals surface area (Å²) in [5.41, 5.74) is 5.70. The minimum absolute atomic E-state index is 0.0179. The second-order valence-electron chi connectivity index (χ2n) is 5.38. The number of hydrogen-bond donors (Lipinski definition) is 1. The summed E-state index contributed by atoms with van der Waals surface area (Å²) in [7, 11) is 0. The number of rotatable bonds is 1. The molecule has 0 aliphatic carbocycles. The molecule has 0 amide bonds. The van der Waals surface area contributed by atoms with Crippen LogP contribution in [-0.4, -0.2) is 14.8 Å². The van der Waals surface area contributed by atoms with E-state index in [9.17, 15) is 4.79 Å². The quantitative estimate of drug-likeness (QED) is 0.737. The van der Waals surface area contributed by atoms with E-state index in [0.717, 1.165) is 22.7 Å². The number of benzene rings is 1. The van der Waals surface area contributed by atoms with Gasteiger partial charge in [0.15, 0.2) is 5.43 Å². The first-order chi connectivity index (χ1) is 9.45. The SMILES string of the molecule is Cc1cc(C)cc(-n2nc(C)c3c(=O)cc(C)[nH]c32)c1. The zero-order valence-corrected chi connectivity index (χ0v) is 12.1. The molecule has 102 valence electrons. The van der Waals surface area contributed by atoms with E-state index in [1.165, 1.54) is 11.1 Å². The molecule has 1 aromatic carbocycles. The summed E-state index contributed by atoms with van der Waals surface area (Å²) in [6, 6.07) is 7.87. The van der Waals surface area contributed by atoms with Crippen molar-refractivity contribution in [2.24, 2.45) is 0 Å². The molecule has 0 spiro atoms. The molecule has 0 saturated heterocycles. The summed E-state index contributed by atoms with van der Waals surface area (Å²) in [6.45, 7) is 7.87. The molecular formula is C16H17N3O. The van der Waals surface area contributed by atoms with Crippen molar-refractivity contribution in [3.63, 3.8) is 0 Å². The van der Waals surface area contributed by atoms with E-state index in [4.69, 9.17) is 0 Å². The lowest BCUT2D eigenvalue weighted by atomic mass is 10.1. The first-order valence-corrected chi connectivity index (χ1v) is 6.63. The molecule has 0 aliphatic heterocycles. The largest absolute Gasteiger partial charge is 0.343 e. The van der Waals surface area contributed by atoms with Gasteiger partial charge in [-0.25, -0.2) is 4.68 Å². The van der Waals surface area contributed by atoms with Gasteiger partial charge >= 0.3 is 0 Å². The zero-order chi connectivity index (χ0) is 14.4. The Kier molecular flexibility index (Phi) is 2.74. The number of pyridine rings is 1. The summed E-state index contributed by atoms with van der Waals surface area (Å²) in [6.07, 6.45) is 0. The number of aryl methyl sites for hydroxylation is 4. The second kappa shape index (κ2) is 4.34. The molecule has 4 nitrogen and oxygen atoms in total. The van der Waals surface area contributed by atoms with Gasteiger partial charge in [0, 0.05) is 11.8 Å². The molecule has 2 heterocycles. The van der Waals surface area contributed by atoms with Crippen molar-refractivity contribution < 1.29 is 0 Å². The highest BCUT2D eigenvalue weighted by molar-refractivity contribution is 5.79. The molecule has 4 heteroatoms. The molecule has 3 aromatic rings. The Hall–Kier alpha value is -2.36. The van der Waals surface area contributed by atoms with Gasteiger partial charge in [0.1, 0.15) is 5.65 Å². The van der Waals surface area contributed by atoms with Crippen LogP contribution in [0.1, 0.15) is 22.5 Å². The highest BCUT2D eigenvalue weighted by Crippen LogP contribution is 2.19. The minimum atomic E-state index is 0.0179. The second-order valence-corrected chi connectivity index (χ2v) is 5.38. The molecule has 0 radical (unpaired) electrons. The summed E-state index contributed by atoms with van der Waals surface area (Å²) in [5, 5.41) is 5.19. The maximum absolute atomic E-state index is 12.1. The van der Waals surface area contributed by atoms with Crippen LogP contribution in [0.2, 0.25) is 0 Å². The van der Waals surface area contributed by atoms with Gasteiger partial charge in [0.2, 0.25) is 0 Å². The normalized spacial score (nSPS) is 11.2. The molecule has 0 aliphatic rings. The molecule has 1 N–H and O–H groups in total. The lowest BCUT2D eigenvalue weighted by Gasteiger charge is -2.07. The maximum Gasteiger partial charge on any atom is 0.193 e. The lowest BCUT2D eigenvalue weighted by Crippen LogP contribution is -2.05. The third kappa shape index (κ3) is 1.93. The number of H-pyrrole nitrogens is 1. The summed E-state index contributed by atoms with van der Waals surface area (Å²) in [4.78, 5) is 15.4. The minimum Gasteiger partial charge on any atom is -0.343 e. The number of nitrogens with one attached hydrogen (secondary N) is 1. The van der Waals surface area contributed by atoms with Crippen LogP contribution in [-0.2, 0) is 0 Å². The molecule has 3 rings (SSSR count). The van der Waals surface area contributed by atoms with Crippen molar-refractivity contribution in [2.75, 3.05) is 0 Å². The van der Waals surface area contributed by atoms with Gasteiger partial charge in [0.25, 0.3) is 0 Å². The number of aromatic nitrogens is 3. The zero-order valence-electron chi connectivity index (χ0n) is 12.1. The van der Waals surface area contributed by atoms with Crippen molar-refractivity contribution in [1.82, 2.24) is 14.8 Å². The van der Waals surface area contributed by atoms with E-state index < -0.39 is 0 Å². The fraction of sp³-hybridized carbons (Fsp3) is 0.250. The van der Waals surface area contributed by atoms with E-state index in [0.29, 0.717) is 5.39 Å². The predicted octanol–water partition coefficient (Wildman–Crippen LogP) is 2.95. The van der Waals surface area contributed by atoms with Crippen LogP contribution < -0.4 is 5.43 Å². The third-order valence-electron chi connectivity index (χ3n) is 3.42. The Morgan fingerprint density at radius 2 is 1.65 bits per heavy atom. The van der Waals surface area contributed by atoms with Crippen LogP contribution in [0.4, 0.5) is 0 Å². The fourth-order valence-corrected chi connectivity index (χ4v) is 2.69. The van der Waals surface area contributed by atoms with Crippen molar-refractivity contribution in [3.8, 4) is 5.69 Å². The molecule has 0 bridgehead atoms. The number of hydrogen-bond acceptors (Lipinski definition) is 2. The first kappa shape index (κ1) is 12.7. The Balaban J connectivity index is 2.40. The number of aromatic amines is 1. The highest BCUT2D eigenvalue weighted by atomic mass is 16.1. The van der Waals surface area contributed by atoms with Crippen molar-refractivity contribution in [1.29, 1.82) is 0 Å². The van der Waals surface area contributed by atoms with Gasteiger partial charge in [0.05, 0.1) is 16.8 Å². The highest BCUT2D eigenvalue weighted by Gasteiger charge is 2.13. The molecule has 0 fully saturated rings. The van der Waals surface area contributed by atoms with Crippen LogP contribution in [0.3, 0.4) is 0 Å². The van der Waals surface area contributed by atoms with E-state index >= 15 is 0 Å². The monoisotopic (exact) mass is 267 g/mol. The topological polar surface area (TPSA) is 50.7 Å². The van der Waals surface area contributed by atoms with Gasteiger partial charge in [-0.1, -0.05) is 6.07 Å². The number of fused-ring (bicyclic) bond motifs is 1. The van der Waals surface area contributed by atoms with Gasteiger partial charge in [-0.05, 0) is 51.0 Å². The summed E-state index contributed by atoms with van der Waals surface area (Å²) >= 11 is 0. The molecular weight excluding hydrogens is 250 g/mol. The third-order valence-corrected chi connectivity index (χ3v) is 3.42. The van der Waals surface area contributed by atoms with Gasteiger partial charge in [-0.2, -0.15) is 5.10 Å². The van der Waals surface area contributed by atoms with E-state index in [1.807, 2.05) is 18.5 Å². The Morgan fingerprint density at radius 1 is 1.00 bits per heavy atom. The van der Waals surface area contributed by atoms with Gasteiger partial charge < -0.3 is 4.98 Å². The van der Waals surface area contributed by atoms with Crippen molar-refractivity contribution in [3.05, 3.63) is 57.0 Å². The van der Waals surface area contributed by atoms with Crippen LogP contribution in [0.5, 0.6) is 0 Å². The predicted molar refractivity (Wildman–Crippen MR) is 80.6 cm³/mol. The van der Waals surface area contributed by atoms with Crippen LogP contribution in [0.25, 0.3) is 16.7 Å². The summed E-state index contributed by atoms with van der Waals surface area (Å²) < 4.78 is 1.82. The molecule has 0 saturated carbocycles. The first-order valence-electron chi connectivity index (χ1n) is 6.63. The molecule has 0 atom stereocenters. The maximum atomic E-state index is 12.1. The molecule has 2 aromatic heterocycles. The van der Waals surface area contributed by atoms with Crippen LogP contribution in [0, 0.1) is 27.7 Å². The standard InChI is InChI=1S/C16H17N3O/c1-9-5-10(2)7-13(6-9)19-16-15(12(4)18-19)14(20)8-11(3)17-16/h5-8H,1-4H3,(H,17,20). The van der Waals surface area contributed by atoms with Gasteiger partial charge in [-0.3, -0.25) is 4.79 Å². The van der Waals surface area contributed by atoms with Crippen LogP contribution in [0.15, 0.2) is 29.1 Å². The molecule has 0 unspecified atom stereocenters. The van der Waals surface area contributed by atoms with E-state index in [-0.39, 0.29) is 5.43 Å². The Labute approximate surface area is 117 Å². The summed E-state index contributed by atoms with van der Waals surface area (Å²) in [5.74, 6) is 0. The van der Waals surface area contributed by atoms with Crippen molar-refractivity contribution in [2.45, 2.75) is 27.7 Å². The Morgan fingerprint density at radius 3 is 2.30 bits per heavy atom. The van der Waals surface area contributed by atoms with Crippen molar-refractivity contribution >= 4 is 11.0 Å². The average molecular weight is 267 g/mol. The fourth-order valence-electron chi connectivity index (χ4n) is 2.69. The van der Waals surface area contributed by atoms with E-state index in [1.54, 1.807) is 6.07 Å². The molecule has 20 heavy (non-hydrogen) atoms. The lowest BCUT2D eigenvalue weighted by molar-refractivity contribution is 0.873.